The van der Waals surface area contributed by atoms with E-state index in [0.29, 0.717) is 0 Å². The monoisotopic (exact) mass is 242 g/mol. The summed E-state index contributed by atoms with van der Waals surface area (Å²) >= 11 is 1.55. The Bertz CT molecular complexity index is 364. The zero-order valence-corrected chi connectivity index (χ0v) is 9.95. The second-order valence-corrected chi connectivity index (χ2v) is 4.42. The molecule has 1 aromatic heterocycles. The summed E-state index contributed by atoms with van der Waals surface area (Å²) in [7, 11) is 1.45. The van der Waals surface area contributed by atoms with E-state index in [1.807, 2.05) is 24.4 Å². The van der Waals surface area contributed by atoms with Crippen molar-refractivity contribution in [2.24, 2.45) is 0 Å². The standard InChI is InChI=1S/C10H14N2O3S/c1-7(8-4-3-5-16-8)11-10(15)12(2)6-9(13)14/h3-5,7H,6H2,1-2H3,(H,11,15)(H,13,14). The summed E-state index contributed by atoms with van der Waals surface area (Å²) in [5.74, 6) is -1.03. The highest BCUT2D eigenvalue weighted by Gasteiger charge is 2.15. The molecule has 0 aliphatic rings. The first-order valence-electron chi connectivity index (χ1n) is 4.77. The predicted octanol–water partition coefficient (Wildman–Crippen LogP) is 1.54. The Kier molecular flexibility index (Phi) is 4.30. The number of carbonyl (C=O) groups is 2. The topological polar surface area (TPSA) is 69.6 Å². The zero-order chi connectivity index (χ0) is 12.1. The highest BCUT2D eigenvalue weighted by molar-refractivity contribution is 7.10. The van der Waals surface area contributed by atoms with E-state index in [1.165, 1.54) is 7.05 Å². The first-order chi connectivity index (χ1) is 7.50. The molecule has 0 saturated heterocycles. The van der Waals surface area contributed by atoms with Crippen LogP contribution in [0.2, 0.25) is 0 Å². The molecule has 0 saturated carbocycles. The van der Waals surface area contributed by atoms with Gasteiger partial charge in [0.15, 0.2) is 0 Å². The van der Waals surface area contributed by atoms with Crippen LogP contribution in [0, 0.1) is 0 Å². The number of thiophene rings is 1. The van der Waals surface area contributed by atoms with Crippen molar-refractivity contribution in [1.29, 1.82) is 0 Å². The fourth-order valence-corrected chi connectivity index (χ4v) is 1.91. The van der Waals surface area contributed by atoms with Crippen LogP contribution in [0.4, 0.5) is 4.79 Å². The SMILES string of the molecule is CC(NC(=O)N(C)CC(=O)O)c1cccs1. The molecular formula is C10H14N2O3S. The third-order valence-corrected chi connectivity index (χ3v) is 3.08. The highest BCUT2D eigenvalue weighted by atomic mass is 32.1. The van der Waals surface area contributed by atoms with Crippen LogP contribution in [0.25, 0.3) is 0 Å². The summed E-state index contributed by atoms with van der Waals surface area (Å²) in [6, 6.07) is 3.34. The van der Waals surface area contributed by atoms with Crippen LogP contribution in [0.1, 0.15) is 17.8 Å². The minimum Gasteiger partial charge on any atom is -0.480 e. The summed E-state index contributed by atoms with van der Waals surface area (Å²) in [5, 5.41) is 13.2. The molecule has 0 aliphatic heterocycles. The number of carboxylic acid groups (broad SMARTS) is 1. The number of amides is 2. The van der Waals surface area contributed by atoms with Gasteiger partial charge in [-0.25, -0.2) is 4.79 Å². The Hall–Kier alpha value is -1.56. The number of nitrogens with zero attached hydrogens (tertiary/aromatic N) is 1. The molecule has 0 spiro atoms. The summed E-state index contributed by atoms with van der Waals surface area (Å²) in [6.45, 7) is 1.56. The van der Waals surface area contributed by atoms with Gasteiger partial charge in [0.25, 0.3) is 0 Å². The molecule has 2 amide bonds. The van der Waals surface area contributed by atoms with E-state index in [1.54, 1.807) is 11.3 Å². The van der Waals surface area contributed by atoms with Crippen molar-refractivity contribution in [2.75, 3.05) is 13.6 Å². The molecule has 0 fully saturated rings. The maximum atomic E-state index is 11.5. The summed E-state index contributed by atoms with van der Waals surface area (Å²) < 4.78 is 0. The Labute approximate surface area is 97.7 Å². The van der Waals surface area contributed by atoms with Crippen molar-refractivity contribution in [1.82, 2.24) is 10.2 Å². The van der Waals surface area contributed by atoms with Gasteiger partial charge in [0.1, 0.15) is 6.54 Å². The van der Waals surface area contributed by atoms with E-state index >= 15 is 0 Å². The van der Waals surface area contributed by atoms with Gasteiger partial charge < -0.3 is 15.3 Å². The summed E-state index contributed by atoms with van der Waals surface area (Å²) in [5.41, 5.74) is 0. The Morgan fingerprint density at radius 1 is 1.62 bits per heavy atom. The Balaban J connectivity index is 2.48. The number of likely N-dealkylation sites (N-methyl/N-ethyl adjacent to an activating group) is 1. The molecule has 0 radical (unpaired) electrons. The number of carboxylic acids is 1. The second kappa shape index (κ2) is 5.50. The fraction of sp³-hybridized carbons (Fsp3) is 0.400. The molecule has 1 rings (SSSR count). The average molecular weight is 242 g/mol. The van der Waals surface area contributed by atoms with Crippen LogP contribution in [0.5, 0.6) is 0 Å². The third-order valence-electron chi connectivity index (χ3n) is 2.03. The van der Waals surface area contributed by atoms with E-state index in [9.17, 15) is 9.59 Å². The van der Waals surface area contributed by atoms with Gasteiger partial charge in [-0.15, -0.1) is 11.3 Å². The number of rotatable bonds is 4. The van der Waals surface area contributed by atoms with E-state index in [0.717, 1.165) is 9.78 Å². The maximum absolute atomic E-state index is 11.5. The summed E-state index contributed by atoms with van der Waals surface area (Å²) in [4.78, 5) is 24.1. The van der Waals surface area contributed by atoms with Crippen LogP contribution in [0.3, 0.4) is 0 Å². The molecule has 0 aliphatic carbocycles. The first-order valence-corrected chi connectivity index (χ1v) is 5.65. The molecule has 2 N–H and O–H groups in total. The largest absolute Gasteiger partial charge is 0.480 e. The smallest absolute Gasteiger partial charge is 0.323 e. The number of carbonyl (C=O) groups excluding carboxylic acids is 1. The van der Waals surface area contributed by atoms with Crippen molar-refractivity contribution in [3.05, 3.63) is 22.4 Å². The molecule has 1 unspecified atom stereocenters. The maximum Gasteiger partial charge on any atom is 0.323 e. The van der Waals surface area contributed by atoms with E-state index in [-0.39, 0.29) is 18.6 Å². The van der Waals surface area contributed by atoms with Gasteiger partial charge in [0.2, 0.25) is 0 Å². The van der Waals surface area contributed by atoms with Crippen molar-refractivity contribution in [2.45, 2.75) is 13.0 Å². The molecule has 6 heteroatoms. The number of aliphatic carboxylic acids is 1. The lowest BCUT2D eigenvalue weighted by Gasteiger charge is -2.19. The number of urea groups is 1. The Morgan fingerprint density at radius 3 is 2.81 bits per heavy atom. The van der Waals surface area contributed by atoms with Gasteiger partial charge in [-0.05, 0) is 18.4 Å². The van der Waals surface area contributed by atoms with E-state index < -0.39 is 5.97 Å². The van der Waals surface area contributed by atoms with Gasteiger partial charge in [0, 0.05) is 11.9 Å². The molecule has 1 heterocycles. The number of nitrogens with one attached hydrogen (secondary N) is 1. The van der Waals surface area contributed by atoms with Crippen molar-refractivity contribution in [3.63, 3.8) is 0 Å². The van der Waals surface area contributed by atoms with Crippen molar-refractivity contribution < 1.29 is 14.7 Å². The molecule has 5 nitrogen and oxygen atoms in total. The predicted molar refractivity (Wildman–Crippen MR) is 61.5 cm³/mol. The molecule has 16 heavy (non-hydrogen) atoms. The molecule has 0 aromatic carbocycles. The average Bonchev–Trinajstić information content (AvgIpc) is 2.68. The van der Waals surface area contributed by atoms with Crippen molar-refractivity contribution >= 4 is 23.3 Å². The highest BCUT2D eigenvalue weighted by Crippen LogP contribution is 2.17. The van der Waals surface area contributed by atoms with Gasteiger partial charge in [0.05, 0.1) is 6.04 Å². The minimum atomic E-state index is -1.03. The number of hydrogen-bond acceptors (Lipinski definition) is 3. The van der Waals surface area contributed by atoms with E-state index in [2.05, 4.69) is 5.32 Å². The molecule has 1 atom stereocenters. The van der Waals surface area contributed by atoms with Crippen molar-refractivity contribution in [3.8, 4) is 0 Å². The van der Waals surface area contributed by atoms with Gasteiger partial charge in [-0.3, -0.25) is 4.79 Å². The second-order valence-electron chi connectivity index (χ2n) is 3.44. The molecule has 88 valence electrons. The lowest BCUT2D eigenvalue weighted by atomic mass is 10.3. The van der Waals surface area contributed by atoms with Crippen LogP contribution in [-0.4, -0.2) is 35.6 Å². The first kappa shape index (κ1) is 12.5. The van der Waals surface area contributed by atoms with Gasteiger partial charge >= 0.3 is 12.0 Å². The number of hydrogen-bond donors (Lipinski definition) is 2. The minimum absolute atomic E-state index is 0.108. The van der Waals surface area contributed by atoms with E-state index in [4.69, 9.17) is 5.11 Å². The molecule has 0 bridgehead atoms. The lowest BCUT2D eigenvalue weighted by molar-refractivity contribution is -0.137. The zero-order valence-electron chi connectivity index (χ0n) is 9.14. The van der Waals surface area contributed by atoms with Crippen LogP contribution < -0.4 is 5.32 Å². The van der Waals surface area contributed by atoms with Crippen LogP contribution in [0.15, 0.2) is 17.5 Å². The molecular weight excluding hydrogens is 228 g/mol. The van der Waals surface area contributed by atoms with Gasteiger partial charge in [-0.1, -0.05) is 6.07 Å². The van der Waals surface area contributed by atoms with Crippen LogP contribution >= 0.6 is 11.3 Å². The third kappa shape index (κ3) is 3.54. The lowest BCUT2D eigenvalue weighted by Crippen LogP contribution is -2.40. The summed E-state index contributed by atoms with van der Waals surface area (Å²) in [6.07, 6.45) is 0. The molecule has 1 aromatic rings. The fourth-order valence-electron chi connectivity index (χ4n) is 1.18. The van der Waals surface area contributed by atoms with Gasteiger partial charge in [-0.2, -0.15) is 0 Å². The quantitative estimate of drug-likeness (QED) is 0.841. The normalized spacial score (nSPS) is 11.9. The Morgan fingerprint density at radius 2 is 2.31 bits per heavy atom. The van der Waals surface area contributed by atoms with Crippen LogP contribution in [-0.2, 0) is 4.79 Å².